The summed E-state index contributed by atoms with van der Waals surface area (Å²) in [5.74, 6) is 0. The fourth-order valence-corrected chi connectivity index (χ4v) is 1.60. The lowest BCUT2D eigenvalue weighted by Crippen LogP contribution is -2.62. The highest BCUT2D eigenvalue weighted by atomic mass is 15.3. The Hall–Kier alpha value is -0.0800. The van der Waals surface area contributed by atoms with E-state index >= 15 is 0 Å². The molecule has 2 fully saturated rings. The lowest BCUT2D eigenvalue weighted by Gasteiger charge is -2.40. The zero-order chi connectivity index (χ0) is 8.16. The lowest BCUT2D eigenvalue weighted by atomic mass is 9.97. The van der Waals surface area contributed by atoms with Gasteiger partial charge in [-0.3, -0.25) is 10.6 Å². The molecule has 2 N–H and O–H groups in total. The summed E-state index contributed by atoms with van der Waals surface area (Å²) in [5, 5.41) is 6.87. The van der Waals surface area contributed by atoms with E-state index in [9.17, 15) is 0 Å². The second-order valence-corrected chi connectivity index (χ2v) is 3.50. The highest BCUT2D eigenvalue weighted by Gasteiger charge is 2.38. The minimum Gasteiger partial charge on any atom is -0.299 e. The maximum absolute atomic E-state index is 3.46. The van der Waals surface area contributed by atoms with Crippen LogP contribution in [-0.2, 0) is 0 Å². The number of hydrogen-bond donors (Lipinski definition) is 2. The first-order valence-corrected chi connectivity index (χ1v) is 4.83. The van der Waals surface area contributed by atoms with E-state index < -0.39 is 0 Å². The van der Waals surface area contributed by atoms with Gasteiger partial charge < -0.3 is 0 Å². The molecular formula is C9H20N2. The molecule has 0 bridgehead atoms. The minimum atomic E-state index is 0.417. The fourth-order valence-electron chi connectivity index (χ4n) is 1.60. The van der Waals surface area contributed by atoms with Gasteiger partial charge in [0.1, 0.15) is 0 Å². The van der Waals surface area contributed by atoms with E-state index in [1.807, 2.05) is 0 Å². The summed E-state index contributed by atoms with van der Waals surface area (Å²) in [5.41, 5.74) is 0.417. The Bertz CT molecular complexity index is 100. The van der Waals surface area contributed by atoms with Gasteiger partial charge in [-0.1, -0.05) is 20.3 Å². The smallest absolute Gasteiger partial charge is 0.0699 e. The van der Waals surface area contributed by atoms with Gasteiger partial charge in [-0.05, 0) is 32.4 Å². The second-order valence-electron chi connectivity index (χ2n) is 3.50. The van der Waals surface area contributed by atoms with Crippen molar-refractivity contribution in [3.63, 3.8) is 0 Å². The van der Waals surface area contributed by atoms with Gasteiger partial charge in [0.15, 0.2) is 0 Å². The summed E-state index contributed by atoms with van der Waals surface area (Å²) >= 11 is 0. The molecule has 11 heavy (non-hydrogen) atoms. The number of nitrogens with one attached hydrogen (secondary N) is 2. The third kappa shape index (κ3) is 2.17. The van der Waals surface area contributed by atoms with E-state index in [0.717, 1.165) is 0 Å². The standard InChI is InChI=1S/C6H12N2.C3H8/c1-2-6(7-4-1)3-5-8-6;1-3-2/h7-8H,1-5H2;3H2,1-2H3. The Balaban J connectivity index is 0.000000179. The maximum atomic E-state index is 3.46. The van der Waals surface area contributed by atoms with E-state index in [1.54, 1.807) is 0 Å². The Morgan fingerprint density at radius 1 is 1.09 bits per heavy atom. The zero-order valence-corrected chi connectivity index (χ0v) is 7.74. The van der Waals surface area contributed by atoms with Crippen molar-refractivity contribution in [3.8, 4) is 0 Å². The number of rotatable bonds is 0. The van der Waals surface area contributed by atoms with Crippen LogP contribution in [0.2, 0.25) is 0 Å². The first kappa shape index (κ1) is 9.01. The van der Waals surface area contributed by atoms with Crippen LogP contribution in [0.4, 0.5) is 0 Å². The van der Waals surface area contributed by atoms with Gasteiger partial charge in [0.25, 0.3) is 0 Å². The summed E-state index contributed by atoms with van der Waals surface area (Å²) in [4.78, 5) is 0. The Labute approximate surface area is 69.8 Å². The van der Waals surface area contributed by atoms with Crippen LogP contribution in [0.1, 0.15) is 39.5 Å². The third-order valence-corrected chi connectivity index (χ3v) is 2.26. The molecule has 1 atom stereocenters. The van der Waals surface area contributed by atoms with Crippen LogP contribution < -0.4 is 10.6 Å². The molecule has 2 aliphatic rings. The fraction of sp³-hybridized carbons (Fsp3) is 1.00. The van der Waals surface area contributed by atoms with Crippen molar-refractivity contribution in [2.75, 3.05) is 13.1 Å². The first-order valence-electron chi connectivity index (χ1n) is 4.83. The predicted molar refractivity (Wildman–Crippen MR) is 48.6 cm³/mol. The summed E-state index contributed by atoms with van der Waals surface area (Å²) in [7, 11) is 0. The second kappa shape index (κ2) is 4.07. The van der Waals surface area contributed by atoms with Gasteiger partial charge in [0.2, 0.25) is 0 Å². The quantitative estimate of drug-likeness (QED) is 0.555. The topological polar surface area (TPSA) is 24.1 Å². The van der Waals surface area contributed by atoms with Crippen molar-refractivity contribution in [2.24, 2.45) is 0 Å². The molecule has 2 heteroatoms. The highest BCUT2D eigenvalue weighted by molar-refractivity contribution is 4.97. The maximum Gasteiger partial charge on any atom is 0.0699 e. The molecule has 0 saturated carbocycles. The van der Waals surface area contributed by atoms with E-state index in [-0.39, 0.29) is 0 Å². The zero-order valence-electron chi connectivity index (χ0n) is 7.74. The molecule has 0 aromatic heterocycles. The molecule has 2 nitrogen and oxygen atoms in total. The van der Waals surface area contributed by atoms with Crippen LogP contribution in [0.3, 0.4) is 0 Å². The predicted octanol–water partition coefficient (Wildman–Crippen LogP) is 1.48. The molecule has 0 aliphatic carbocycles. The molecule has 1 unspecified atom stereocenters. The van der Waals surface area contributed by atoms with E-state index in [2.05, 4.69) is 24.5 Å². The molecule has 2 rings (SSSR count). The Kier molecular flexibility index (Phi) is 3.34. The molecule has 0 radical (unpaired) electrons. The van der Waals surface area contributed by atoms with Crippen LogP contribution in [0.15, 0.2) is 0 Å². The largest absolute Gasteiger partial charge is 0.299 e. The third-order valence-electron chi connectivity index (χ3n) is 2.26. The monoisotopic (exact) mass is 156 g/mol. The van der Waals surface area contributed by atoms with Crippen molar-refractivity contribution in [1.82, 2.24) is 10.6 Å². The van der Waals surface area contributed by atoms with Crippen molar-refractivity contribution in [3.05, 3.63) is 0 Å². The van der Waals surface area contributed by atoms with Crippen LogP contribution in [-0.4, -0.2) is 18.8 Å². The van der Waals surface area contributed by atoms with Crippen molar-refractivity contribution >= 4 is 0 Å². The van der Waals surface area contributed by atoms with Gasteiger partial charge in [0, 0.05) is 0 Å². The molecule has 2 heterocycles. The molecule has 66 valence electrons. The van der Waals surface area contributed by atoms with Crippen molar-refractivity contribution in [1.29, 1.82) is 0 Å². The minimum absolute atomic E-state index is 0.417. The first-order chi connectivity index (χ1) is 5.33. The van der Waals surface area contributed by atoms with Gasteiger partial charge in [0.05, 0.1) is 5.66 Å². The Morgan fingerprint density at radius 2 is 1.73 bits per heavy atom. The van der Waals surface area contributed by atoms with E-state index in [0.29, 0.717) is 5.66 Å². The van der Waals surface area contributed by atoms with Crippen molar-refractivity contribution in [2.45, 2.75) is 45.2 Å². The highest BCUT2D eigenvalue weighted by Crippen LogP contribution is 2.25. The SMILES string of the molecule is C1CNC2(C1)CCN2.CCC. The van der Waals surface area contributed by atoms with Gasteiger partial charge in [-0.2, -0.15) is 0 Å². The molecule has 2 saturated heterocycles. The summed E-state index contributed by atoms with van der Waals surface area (Å²) < 4.78 is 0. The number of hydrogen-bond acceptors (Lipinski definition) is 2. The molecule has 0 aromatic rings. The van der Waals surface area contributed by atoms with Gasteiger partial charge >= 0.3 is 0 Å². The molecule has 0 amide bonds. The Morgan fingerprint density at radius 3 is 1.91 bits per heavy atom. The lowest BCUT2D eigenvalue weighted by molar-refractivity contribution is 0.185. The van der Waals surface area contributed by atoms with Crippen LogP contribution in [0.25, 0.3) is 0 Å². The van der Waals surface area contributed by atoms with Gasteiger partial charge in [-0.25, -0.2) is 0 Å². The molecule has 0 aromatic carbocycles. The molecular weight excluding hydrogens is 136 g/mol. The average Bonchev–Trinajstić information content (AvgIpc) is 2.34. The van der Waals surface area contributed by atoms with Crippen molar-refractivity contribution < 1.29 is 0 Å². The van der Waals surface area contributed by atoms with Crippen LogP contribution in [0, 0.1) is 0 Å². The van der Waals surface area contributed by atoms with E-state index in [1.165, 1.54) is 38.8 Å². The molecule has 2 aliphatic heterocycles. The average molecular weight is 156 g/mol. The normalized spacial score (nSPS) is 34.4. The summed E-state index contributed by atoms with van der Waals surface area (Å²) in [6, 6.07) is 0. The molecule has 1 spiro atoms. The van der Waals surface area contributed by atoms with Gasteiger partial charge in [-0.15, -0.1) is 0 Å². The summed E-state index contributed by atoms with van der Waals surface area (Å²) in [6.45, 7) is 6.68. The van der Waals surface area contributed by atoms with E-state index in [4.69, 9.17) is 0 Å². The van der Waals surface area contributed by atoms with Crippen LogP contribution in [0.5, 0.6) is 0 Å². The summed E-state index contributed by atoms with van der Waals surface area (Å²) in [6.07, 6.45) is 5.28. The van der Waals surface area contributed by atoms with Crippen LogP contribution >= 0.6 is 0 Å².